The Bertz CT molecular complexity index is 478. The molecule has 2 atom stereocenters. The molecule has 0 bridgehead atoms. The monoisotopic (exact) mass is 237 g/mol. The number of nitrogens with zero attached hydrogens (tertiary/aromatic N) is 1. The lowest BCUT2D eigenvalue weighted by Gasteiger charge is -2.36. The molecule has 92 valence electrons. The highest BCUT2D eigenvalue weighted by Crippen LogP contribution is 2.33. The standard InChI is InChI=1S/C12H15NO4/c1-16-10-6-5-9(10)13-7-3-4-8(11(13)14)12(15)17-2/h3-4,7,9-10H,5-6H2,1-2H3/t9?,10-/m1/s1. The lowest BCUT2D eigenvalue weighted by atomic mass is 9.88. The molecule has 0 saturated heterocycles. The van der Waals surface area contributed by atoms with E-state index in [1.165, 1.54) is 13.2 Å². The Balaban J connectivity index is 2.36. The smallest absolute Gasteiger partial charge is 0.343 e. The molecule has 1 aliphatic rings. The van der Waals surface area contributed by atoms with Gasteiger partial charge in [-0.1, -0.05) is 0 Å². The molecule has 1 aromatic heterocycles. The van der Waals surface area contributed by atoms with Crippen molar-refractivity contribution in [3.8, 4) is 0 Å². The van der Waals surface area contributed by atoms with Crippen molar-refractivity contribution in [2.24, 2.45) is 0 Å². The molecule has 1 fully saturated rings. The molecule has 0 radical (unpaired) electrons. The van der Waals surface area contributed by atoms with Crippen LogP contribution in [0.1, 0.15) is 29.2 Å². The minimum atomic E-state index is -0.599. The van der Waals surface area contributed by atoms with Crippen LogP contribution in [0.3, 0.4) is 0 Å². The number of rotatable bonds is 3. The Morgan fingerprint density at radius 1 is 1.41 bits per heavy atom. The summed E-state index contributed by atoms with van der Waals surface area (Å²) < 4.78 is 11.4. The van der Waals surface area contributed by atoms with E-state index in [1.54, 1.807) is 23.9 Å². The largest absolute Gasteiger partial charge is 0.465 e. The second kappa shape index (κ2) is 4.71. The molecule has 0 aliphatic heterocycles. The first-order chi connectivity index (χ1) is 8.19. The number of carbonyl (C=O) groups excluding carboxylic acids is 1. The van der Waals surface area contributed by atoms with E-state index in [1.807, 2.05) is 0 Å². The summed E-state index contributed by atoms with van der Waals surface area (Å²) in [6.07, 6.45) is 3.57. The molecule has 1 aliphatic carbocycles. The van der Waals surface area contributed by atoms with Crippen LogP contribution in [0.4, 0.5) is 0 Å². The zero-order valence-electron chi connectivity index (χ0n) is 9.88. The number of pyridine rings is 1. The van der Waals surface area contributed by atoms with Crippen molar-refractivity contribution in [1.82, 2.24) is 4.57 Å². The van der Waals surface area contributed by atoms with E-state index in [-0.39, 0.29) is 23.3 Å². The molecule has 2 rings (SSSR count). The number of methoxy groups -OCH3 is 2. The van der Waals surface area contributed by atoms with Gasteiger partial charge >= 0.3 is 5.97 Å². The Morgan fingerprint density at radius 3 is 2.71 bits per heavy atom. The molecule has 0 aromatic carbocycles. The van der Waals surface area contributed by atoms with E-state index in [9.17, 15) is 9.59 Å². The minimum absolute atomic E-state index is 0.0251. The molecule has 1 unspecified atom stereocenters. The number of hydrogen-bond acceptors (Lipinski definition) is 4. The molecular weight excluding hydrogens is 222 g/mol. The summed E-state index contributed by atoms with van der Waals surface area (Å²) in [7, 11) is 2.90. The van der Waals surface area contributed by atoms with Crippen LogP contribution in [0, 0.1) is 0 Å². The Hall–Kier alpha value is -1.62. The van der Waals surface area contributed by atoms with Gasteiger partial charge in [0, 0.05) is 13.3 Å². The van der Waals surface area contributed by atoms with Gasteiger partial charge in [-0.3, -0.25) is 4.79 Å². The first-order valence-electron chi connectivity index (χ1n) is 5.51. The van der Waals surface area contributed by atoms with Gasteiger partial charge in [0.25, 0.3) is 5.56 Å². The highest BCUT2D eigenvalue weighted by Gasteiger charge is 2.33. The third-order valence-electron chi connectivity index (χ3n) is 3.22. The van der Waals surface area contributed by atoms with Gasteiger partial charge in [-0.05, 0) is 25.0 Å². The fourth-order valence-electron chi connectivity index (χ4n) is 2.08. The minimum Gasteiger partial charge on any atom is -0.465 e. The van der Waals surface area contributed by atoms with E-state index in [2.05, 4.69) is 4.74 Å². The maximum absolute atomic E-state index is 12.1. The quantitative estimate of drug-likeness (QED) is 0.735. The fraction of sp³-hybridized carbons (Fsp3) is 0.500. The van der Waals surface area contributed by atoms with E-state index >= 15 is 0 Å². The van der Waals surface area contributed by atoms with Gasteiger partial charge < -0.3 is 14.0 Å². The van der Waals surface area contributed by atoms with Gasteiger partial charge in [0.15, 0.2) is 0 Å². The average molecular weight is 237 g/mol. The summed E-state index contributed by atoms with van der Waals surface area (Å²) in [6.45, 7) is 0. The van der Waals surface area contributed by atoms with Gasteiger partial charge in [0.2, 0.25) is 0 Å². The lowest BCUT2D eigenvalue weighted by molar-refractivity contribution is -0.0105. The molecule has 17 heavy (non-hydrogen) atoms. The van der Waals surface area contributed by atoms with E-state index in [0.717, 1.165) is 12.8 Å². The average Bonchev–Trinajstić information content (AvgIpc) is 2.30. The third kappa shape index (κ3) is 1.98. The van der Waals surface area contributed by atoms with E-state index in [4.69, 9.17) is 4.74 Å². The first-order valence-corrected chi connectivity index (χ1v) is 5.51. The topological polar surface area (TPSA) is 57.5 Å². The predicted octanol–water partition coefficient (Wildman–Crippen LogP) is 0.985. The molecule has 5 nitrogen and oxygen atoms in total. The number of ether oxygens (including phenoxy) is 2. The molecular formula is C12H15NO4. The van der Waals surface area contributed by atoms with Crippen LogP contribution in [-0.2, 0) is 9.47 Å². The van der Waals surface area contributed by atoms with Gasteiger partial charge in [-0.2, -0.15) is 0 Å². The molecule has 0 N–H and O–H groups in total. The zero-order chi connectivity index (χ0) is 12.4. The summed E-state index contributed by atoms with van der Waals surface area (Å²) in [5.74, 6) is -0.599. The van der Waals surface area contributed by atoms with Crippen LogP contribution in [0.5, 0.6) is 0 Å². The van der Waals surface area contributed by atoms with Crippen molar-refractivity contribution in [2.45, 2.75) is 25.0 Å². The molecule has 1 aromatic rings. The molecule has 1 saturated carbocycles. The highest BCUT2D eigenvalue weighted by molar-refractivity contribution is 5.88. The predicted molar refractivity (Wildman–Crippen MR) is 61.1 cm³/mol. The summed E-state index contributed by atoms with van der Waals surface area (Å²) in [4.78, 5) is 23.5. The second-order valence-corrected chi connectivity index (χ2v) is 4.04. The van der Waals surface area contributed by atoms with E-state index < -0.39 is 5.97 Å². The van der Waals surface area contributed by atoms with Gasteiger partial charge in [-0.15, -0.1) is 0 Å². The van der Waals surface area contributed by atoms with Crippen LogP contribution in [0.2, 0.25) is 0 Å². The lowest BCUT2D eigenvalue weighted by Crippen LogP contribution is -2.41. The molecule has 1 heterocycles. The van der Waals surface area contributed by atoms with Crippen LogP contribution < -0.4 is 5.56 Å². The van der Waals surface area contributed by atoms with Gasteiger partial charge in [-0.25, -0.2) is 4.79 Å². The number of carbonyl (C=O) groups is 1. The molecule has 0 spiro atoms. The summed E-state index contributed by atoms with van der Waals surface area (Å²) in [5.41, 5.74) is -0.247. The summed E-state index contributed by atoms with van der Waals surface area (Å²) in [6, 6.07) is 3.18. The van der Waals surface area contributed by atoms with Crippen molar-refractivity contribution in [3.63, 3.8) is 0 Å². The van der Waals surface area contributed by atoms with Crippen molar-refractivity contribution in [2.75, 3.05) is 14.2 Å². The second-order valence-electron chi connectivity index (χ2n) is 4.04. The number of hydrogen-bond donors (Lipinski definition) is 0. The number of aromatic nitrogens is 1. The van der Waals surface area contributed by atoms with Crippen LogP contribution in [-0.4, -0.2) is 30.9 Å². The maximum Gasteiger partial charge on any atom is 0.343 e. The SMILES string of the molecule is COC(=O)c1cccn(C2CC[C@H]2OC)c1=O. The van der Waals surface area contributed by atoms with Crippen LogP contribution in [0.15, 0.2) is 23.1 Å². The summed E-state index contributed by atoms with van der Waals surface area (Å²) in [5, 5.41) is 0. The van der Waals surface area contributed by atoms with Crippen LogP contribution >= 0.6 is 0 Å². The van der Waals surface area contributed by atoms with Crippen molar-refractivity contribution in [3.05, 3.63) is 34.2 Å². The maximum atomic E-state index is 12.1. The highest BCUT2D eigenvalue weighted by atomic mass is 16.5. The Morgan fingerprint density at radius 2 is 2.18 bits per heavy atom. The Labute approximate surface area is 99.0 Å². The van der Waals surface area contributed by atoms with Crippen molar-refractivity contribution >= 4 is 5.97 Å². The zero-order valence-corrected chi connectivity index (χ0v) is 9.88. The van der Waals surface area contributed by atoms with Crippen molar-refractivity contribution < 1.29 is 14.3 Å². The third-order valence-corrected chi connectivity index (χ3v) is 3.22. The number of esters is 1. The van der Waals surface area contributed by atoms with Crippen LogP contribution in [0.25, 0.3) is 0 Å². The van der Waals surface area contributed by atoms with Gasteiger partial charge in [0.1, 0.15) is 5.56 Å². The van der Waals surface area contributed by atoms with E-state index in [0.29, 0.717) is 0 Å². The fourth-order valence-corrected chi connectivity index (χ4v) is 2.08. The van der Waals surface area contributed by atoms with Crippen molar-refractivity contribution in [1.29, 1.82) is 0 Å². The molecule has 5 heteroatoms. The summed E-state index contributed by atoms with van der Waals surface area (Å²) >= 11 is 0. The molecule has 0 amide bonds. The first kappa shape index (κ1) is 11.9. The van der Waals surface area contributed by atoms with Gasteiger partial charge in [0.05, 0.1) is 19.3 Å². The normalized spacial score (nSPS) is 22.9. The Kier molecular flexibility index (Phi) is 3.28.